The van der Waals surface area contributed by atoms with Gasteiger partial charge in [-0.25, -0.2) is 0 Å². The average molecular weight is 295 g/mol. The van der Waals surface area contributed by atoms with E-state index in [9.17, 15) is 14.9 Å². The van der Waals surface area contributed by atoms with Gasteiger partial charge in [0.15, 0.2) is 0 Å². The second kappa shape index (κ2) is 8.91. The van der Waals surface area contributed by atoms with Gasteiger partial charge in [0.1, 0.15) is 0 Å². The van der Waals surface area contributed by atoms with E-state index in [1.54, 1.807) is 13.2 Å². The first-order valence-corrected chi connectivity index (χ1v) is 6.89. The van der Waals surface area contributed by atoms with E-state index in [1.165, 1.54) is 12.1 Å². The normalized spacial score (nSPS) is 10.2. The number of nitro groups is 1. The van der Waals surface area contributed by atoms with Crippen molar-refractivity contribution in [3.05, 3.63) is 33.9 Å². The molecule has 0 aliphatic carbocycles. The maximum atomic E-state index is 12.2. The Balaban J connectivity index is 2.85. The Labute approximate surface area is 123 Å². The van der Waals surface area contributed by atoms with Crippen LogP contribution in [0.15, 0.2) is 18.2 Å². The minimum atomic E-state index is -0.509. The number of amides is 1. The number of hydrogen-bond acceptors (Lipinski definition) is 5. The lowest BCUT2D eigenvalue weighted by Crippen LogP contribution is -2.26. The van der Waals surface area contributed by atoms with Crippen molar-refractivity contribution >= 4 is 17.3 Å². The number of rotatable bonds is 9. The van der Waals surface area contributed by atoms with E-state index >= 15 is 0 Å². The number of benzene rings is 1. The van der Waals surface area contributed by atoms with Gasteiger partial charge in [0.05, 0.1) is 10.5 Å². The van der Waals surface area contributed by atoms with Gasteiger partial charge in [-0.2, -0.15) is 0 Å². The van der Waals surface area contributed by atoms with E-state index in [4.69, 9.17) is 4.74 Å². The van der Waals surface area contributed by atoms with Crippen LogP contribution in [0.3, 0.4) is 0 Å². The van der Waals surface area contributed by atoms with Crippen molar-refractivity contribution in [2.24, 2.45) is 0 Å². The predicted octanol–water partition coefficient (Wildman–Crippen LogP) is 2.18. The monoisotopic (exact) mass is 295 g/mol. The molecule has 0 spiro atoms. The van der Waals surface area contributed by atoms with Crippen LogP contribution < -0.4 is 10.6 Å². The largest absolute Gasteiger partial charge is 0.385 e. The molecule has 1 aromatic carbocycles. The molecule has 0 fully saturated rings. The molecular formula is C14H21N3O4. The zero-order valence-corrected chi connectivity index (χ0v) is 12.3. The number of carbonyl (C=O) groups is 1. The standard InChI is InChI=1S/C14H21N3O4/c1-3-7-15-13-6-5-11(17(19)20)10-12(13)14(18)16-8-4-9-21-2/h5-6,10,15H,3-4,7-9H2,1-2H3,(H,16,18). The Kier molecular flexibility index (Phi) is 7.17. The summed E-state index contributed by atoms with van der Waals surface area (Å²) in [6.07, 6.45) is 1.58. The second-order valence-corrected chi connectivity index (χ2v) is 4.52. The third-order valence-corrected chi connectivity index (χ3v) is 2.83. The van der Waals surface area contributed by atoms with Crippen LogP contribution in [0.1, 0.15) is 30.1 Å². The molecule has 7 heteroatoms. The molecule has 1 rings (SSSR count). The average Bonchev–Trinajstić information content (AvgIpc) is 2.49. The fourth-order valence-electron chi connectivity index (χ4n) is 1.76. The van der Waals surface area contributed by atoms with Gasteiger partial charge in [-0.15, -0.1) is 0 Å². The minimum Gasteiger partial charge on any atom is -0.385 e. The number of nitro benzene ring substituents is 1. The third-order valence-electron chi connectivity index (χ3n) is 2.83. The highest BCUT2D eigenvalue weighted by Crippen LogP contribution is 2.22. The maximum Gasteiger partial charge on any atom is 0.270 e. The molecule has 2 N–H and O–H groups in total. The van der Waals surface area contributed by atoms with Crippen molar-refractivity contribution in [2.75, 3.05) is 32.1 Å². The van der Waals surface area contributed by atoms with E-state index in [1.807, 2.05) is 6.92 Å². The molecule has 0 aromatic heterocycles. The lowest BCUT2D eigenvalue weighted by molar-refractivity contribution is -0.384. The highest BCUT2D eigenvalue weighted by Gasteiger charge is 2.16. The first-order chi connectivity index (χ1) is 10.1. The summed E-state index contributed by atoms with van der Waals surface area (Å²) in [6.45, 7) is 3.71. The summed E-state index contributed by atoms with van der Waals surface area (Å²) in [6, 6.07) is 4.25. The van der Waals surface area contributed by atoms with Gasteiger partial charge in [-0.1, -0.05) is 6.92 Å². The molecule has 0 bridgehead atoms. The molecular weight excluding hydrogens is 274 g/mol. The van der Waals surface area contributed by atoms with Crippen molar-refractivity contribution in [1.82, 2.24) is 5.32 Å². The molecule has 1 aromatic rings. The van der Waals surface area contributed by atoms with Crippen LogP contribution >= 0.6 is 0 Å². The van der Waals surface area contributed by atoms with E-state index in [-0.39, 0.29) is 17.2 Å². The van der Waals surface area contributed by atoms with Crippen LogP contribution in [0.2, 0.25) is 0 Å². The van der Waals surface area contributed by atoms with Crippen LogP contribution in [0.5, 0.6) is 0 Å². The van der Waals surface area contributed by atoms with Crippen molar-refractivity contribution in [3.8, 4) is 0 Å². The SMILES string of the molecule is CCCNc1ccc([N+](=O)[O-])cc1C(=O)NCCCOC. The number of nitrogens with zero attached hydrogens (tertiary/aromatic N) is 1. The van der Waals surface area contributed by atoms with Gasteiger partial charge < -0.3 is 15.4 Å². The quantitative estimate of drug-likeness (QED) is 0.414. The number of carbonyl (C=O) groups excluding carboxylic acids is 1. The molecule has 1 amide bonds. The highest BCUT2D eigenvalue weighted by atomic mass is 16.6. The van der Waals surface area contributed by atoms with E-state index in [2.05, 4.69) is 10.6 Å². The lowest BCUT2D eigenvalue weighted by atomic mass is 10.1. The number of non-ortho nitro benzene ring substituents is 1. The Morgan fingerprint density at radius 1 is 1.38 bits per heavy atom. The Morgan fingerprint density at radius 3 is 2.76 bits per heavy atom. The maximum absolute atomic E-state index is 12.2. The summed E-state index contributed by atoms with van der Waals surface area (Å²) < 4.78 is 4.90. The summed E-state index contributed by atoms with van der Waals surface area (Å²) >= 11 is 0. The first kappa shape index (κ1) is 16.9. The molecule has 0 heterocycles. The number of anilines is 1. The molecule has 0 unspecified atom stereocenters. The van der Waals surface area contributed by atoms with Gasteiger partial charge in [0.25, 0.3) is 11.6 Å². The van der Waals surface area contributed by atoms with Crippen LogP contribution in [0.4, 0.5) is 11.4 Å². The summed E-state index contributed by atoms with van der Waals surface area (Å²) in [5.41, 5.74) is 0.792. The van der Waals surface area contributed by atoms with Crippen LogP contribution in [-0.4, -0.2) is 37.6 Å². The molecule has 0 aliphatic heterocycles. The molecule has 116 valence electrons. The summed E-state index contributed by atoms with van der Waals surface area (Å²) in [5.74, 6) is -0.326. The van der Waals surface area contributed by atoms with E-state index in [0.717, 1.165) is 6.42 Å². The molecule has 0 saturated heterocycles. The molecule has 21 heavy (non-hydrogen) atoms. The molecule has 0 radical (unpaired) electrons. The zero-order chi connectivity index (χ0) is 15.7. The molecule has 0 saturated carbocycles. The zero-order valence-electron chi connectivity index (χ0n) is 12.3. The third kappa shape index (κ3) is 5.39. The van der Waals surface area contributed by atoms with Crippen LogP contribution in [0.25, 0.3) is 0 Å². The number of methoxy groups -OCH3 is 1. The summed E-state index contributed by atoms with van der Waals surface area (Å²) in [7, 11) is 1.59. The lowest BCUT2D eigenvalue weighted by Gasteiger charge is -2.11. The van der Waals surface area contributed by atoms with Gasteiger partial charge in [0, 0.05) is 44.6 Å². The Bertz CT molecular complexity index is 491. The van der Waals surface area contributed by atoms with Crippen molar-refractivity contribution in [3.63, 3.8) is 0 Å². The van der Waals surface area contributed by atoms with Gasteiger partial charge in [-0.3, -0.25) is 14.9 Å². The molecule has 0 aliphatic rings. The van der Waals surface area contributed by atoms with Crippen molar-refractivity contribution in [1.29, 1.82) is 0 Å². The number of hydrogen-bond donors (Lipinski definition) is 2. The van der Waals surface area contributed by atoms with Crippen molar-refractivity contribution in [2.45, 2.75) is 19.8 Å². The van der Waals surface area contributed by atoms with E-state index in [0.29, 0.717) is 31.8 Å². The van der Waals surface area contributed by atoms with Gasteiger partial charge in [-0.05, 0) is 18.9 Å². The fraction of sp³-hybridized carbons (Fsp3) is 0.500. The molecule has 0 atom stereocenters. The molecule has 7 nitrogen and oxygen atoms in total. The Morgan fingerprint density at radius 2 is 2.14 bits per heavy atom. The van der Waals surface area contributed by atoms with Gasteiger partial charge in [0.2, 0.25) is 0 Å². The van der Waals surface area contributed by atoms with Crippen molar-refractivity contribution < 1.29 is 14.5 Å². The van der Waals surface area contributed by atoms with Crippen LogP contribution in [0, 0.1) is 10.1 Å². The highest BCUT2D eigenvalue weighted by molar-refractivity contribution is 6.00. The second-order valence-electron chi connectivity index (χ2n) is 4.52. The minimum absolute atomic E-state index is 0.0981. The summed E-state index contributed by atoms with van der Waals surface area (Å²) in [5, 5.41) is 16.7. The number of nitrogens with one attached hydrogen (secondary N) is 2. The topological polar surface area (TPSA) is 93.5 Å². The van der Waals surface area contributed by atoms with Crippen LogP contribution in [-0.2, 0) is 4.74 Å². The summed E-state index contributed by atoms with van der Waals surface area (Å²) in [4.78, 5) is 22.5. The van der Waals surface area contributed by atoms with E-state index < -0.39 is 4.92 Å². The van der Waals surface area contributed by atoms with Gasteiger partial charge >= 0.3 is 0 Å². The smallest absolute Gasteiger partial charge is 0.270 e. The predicted molar refractivity (Wildman–Crippen MR) is 80.7 cm³/mol. The fourth-order valence-corrected chi connectivity index (χ4v) is 1.76. The first-order valence-electron chi connectivity index (χ1n) is 6.89. The number of ether oxygens (including phenoxy) is 1. The Hall–Kier alpha value is -2.15.